The number of carbonyl (C=O) groups is 2. The molecule has 110 valence electrons. The molecule has 6 nitrogen and oxygen atoms in total. The Balaban J connectivity index is 2.52. The lowest BCUT2D eigenvalue weighted by molar-refractivity contribution is -0.117. The van der Waals surface area contributed by atoms with Gasteiger partial charge in [0, 0.05) is 11.4 Å². The summed E-state index contributed by atoms with van der Waals surface area (Å²) in [5.74, 6) is 0.629. The second-order valence-corrected chi connectivity index (χ2v) is 5.06. The van der Waals surface area contributed by atoms with Gasteiger partial charge in [0.05, 0.1) is 13.2 Å². The van der Waals surface area contributed by atoms with Gasteiger partial charge in [-0.2, -0.15) is 11.8 Å². The van der Waals surface area contributed by atoms with Crippen LogP contribution < -0.4 is 16.4 Å². The zero-order chi connectivity index (χ0) is 15.0. The first-order valence-electron chi connectivity index (χ1n) is 6.07. The molecule has 0 aliphatic heterocycles. The summed E-state index contributed by atoms with van der Waals surface area (Å²) >= 11 is 1.65. The van der Waals surface area contributed by atoms with Crippen molar-refractivity contribution in [2.45, 2.75) is 12.5 Å². The number of rotatable bonds is 6. The highest BCUT2D eigenvalue weighted by molar-refractivity contribution is 7.98. The molecule has 4 N–H and O–H groups in total. The number of anilines is 2. The Morgan fingerprint density at radius 3 is 2.30 bits per heavy atom. The molecule has 1 atom stereocenters. The third-order valence-corrected chi connectivity index (χ3v) is 3.20. The molecule has 0 aliphatic rings. The van der Waals surface area contributed by atoms with E-state index in [9.17, 15) is 9.59 Å². The summed E-state index contributed by atoms with van der Waals surface area (Å²) in [6, 6.07) is 6.18. The van der Waals surface area contributed by atoms with Crippen LogP contribution in [0.3, 0.4) is 0 Å². The van der Waals surface area contributed by atoms with Crippen LogP contribution in [0, 0.1) is 0 Å². The van der Waals surface area contributed by atoms with Crippen molar-refractivity contribution in [2.75, 3.05) is 29.8 Å². The van der Waals surface area contributed by atoms with Crippen LogP contribution >= 0.6 is 11.8 Å². The zero-order valence-electron chi connectivity index (χ0n) is 11.5. The minimum absolute atomic E-state index is 0.215. The Hall–Kier alpha value is -1.73. The lowest BCUT2D eigenvalue weighted by Crippen LogP contribution is -2.36. The Morgan fingerprint density at radius 1 is 1.25 bits per heavy atom. The van der Waals surface area contributed by atoms with E-state index < -0.39 is 12.1 Å². The summed E-state index contributed by atoms with van der Waals surface area (Å²) in [7, 11) is 1.29. The van der Waals surface area contributed by atoms with Crippen LogP contribution in [0.5, 0.6) is 0 Å². The summed E-state index contributed by atoms with van der Waals surface area (Å²) in [5.41, 5.74) is 6.98. The topological polar surface area (TPSA) is 93.5 Å². The monoisotopic (exact) mass is 297 g/mol. The van der Waals surface area contributed by atoms with Crippen LogP contribution in [0.25, 0.3) is 0 Å². The number of hydrogen-bond donors (Lipinski definition) is 3. The number of thioether (sulfide) groups is 1. The predicted molar refractivity (Wildman–Crippen MR) is 82.1 cm³/mol. The molecule has 1 aromatic rings. The van der Waals surface area contributed by atoms with Crippen LogP contribution in [0.2, 0.25) is 0 Å². The maximum Gasteiger partial charge on any atom is 0.411 e. The van der Waals surface area contributed by atoms with E-state index in [4.69, 9.17) is 5.73 Å². The van der Waals surface area contributed by atoms with Gasteiger partial charge < -0.3 is 15.8 Å². The molecule has 0 unspecified atom stereocenters. The third kappa shape index (κ3) is 5.50. The fourth-order valence-corrected chi connectivity index (χ4v) is 1.91. The van der Waals surface area contributed by atoms with E-state index in [1.807, 2.05) is 6.26 Å². The first-order chi connectivity index (χ1) is 9.56. The number of ether oxygens (including phenoxy) is 1. The lowest BCUT2D eigenvalue weighted by atomic mass is 10.2. The van der Waals surface area contributed by atoms with E-state index in [2.05, 4.69) is 15.4 Å². The quantitative estimate of drug-likeness (QED) is 0.745. The average Bonchev–Trinajstić information content (AvgIpc) is 2.46. The summed E-state index contributed by atoms with van der Waals surface area (Å²) in [6.45, 7) is 0. The number of hydrogen-bond acceptors (Lipinski definition) is 5. The van der Waals surface area contributed by atoms with Gasteiger partial charge in [0.25, 0.3) is 0 Å². The first kappa shape index (κ1) is 16.3. The van der Waals surface area contributed by atoms with Crippen LogP contribution in [0.15, 0.2) is 24.3 Å². The van der Waals surface area contributed by atoms with Crippen molar-refractivity contribution in [3.63, 3.8) is 0 Å². The number of carbonyl (C=O) groups excluding carboxylic acids is 2. The van der Waals surface area contributed by atoms with Gasteiger partial charge in [-0.05, 0) is 42.7 Å². The van der Waals surface area contributed by atoms with E-state index in [0.717, 1.165) is 5.75 Å². The zero-order valence-corrected chi connectivity index (χ0v) is 12.3. The van der Waals surface area contributed by atoms with Crippen molar-refractivity contribution in [3.05, 3.63) is 24.3 Å². The summed E-state index contributed by atoms with van der Waals surface area (Å²) < 4.78 is 4.48. The number of benzene rings is 1. The molecule has 0 radical (unpaired) electrons. The van der Waals surface area contributed by atoms with E-state index in [0.29, 0.717) is 17.8 Å². The molecule has 1 rings (SSSR count). The molecule has 0 bridgehead atoms. The smallest absolute Gasteiger partial charge is 0.411 e. The molecular formula is C13H19N3O3S. The average molecular weight is 297 g/mol. The lowest BCUT2D eigenvalue weighted by Gasteiger charge is -2.12. The third-order valence-electron chi connectivity index (χ3n) is 2.55. The molecular weight excluding hydrogens is 278 g/mol. The van der Waals surface area contributed by atoms with Crippen LogP contribution in [0.4, 0.5) is 16.2 Å². The van der Waals surface area contributed by atoms with Gasteiger partial charge in [-0.25, -0.2) is 4.79 Å². The molecule has 7 heteroatoms. The molecule has 0 spiro atoms. The van der Waals surface area contributed by atoms with Crippen molar-refractivity contribution < 1.29 is 14.3 Å². The SMILES string of the molecule is COC(=O)Nc1ccc(NC(=O)[C@H](N)CCSC)cc1. The van der Waals surface area contributed by atoms with Gasteiger partial charge in [-0.15, -0.1) is 0 Å². The van der Waals surface area contributed by atoms with Gasteiger partial charge in [0.2, 0.25) is 5.91 Å². The van der Waals surface area contributed by atoms with Gasteiger partial charge in [-0.3, -0.25) is 10.1 Å². The Bertz CT molecular complexity index is 451. The van der Waals surface area contributed by atoms with Crippen LogP contribution in [0.1, 0.15) is 6.42 Å². The van der Waals surface area contributed by atoms with Gasteiger partial charge in [0.15, 0.2) is 0 Å². The highest BCUT2D eigenvalue weighted by Gasteiger charge is 2.12. The van der Waals surface area contributed by atoms with Gasteiger partial charge in [-0.1, -0.05) is 0 Å². The first-order valence-corrected chi connectivity index (χ1v) is 7.46. The second kappa shape index (κ2) is 8.44. The van der Waals surface area contributed by atoms with E-state index in [1.165, 1.54) is 7.11 Å². The molecule has 0 aliphatic carbocycles. The van der Waals surface area contributed by atoms with Crippen LogP contribution in [-0.2, 0) is 9.53 Å². The molecule has 2 amide bonds. The predicted octanol–water partition coefficient (Wildman–Crippen LogP) is 1.88. The number of nitrogens with two attached hydrogens (primary N) is 1. The van der Waals surface area contributed by atoms with Crippen molar-refractivity contribution in [3.8, 4) is 0 Å². The standard InChI is InChI=1S/C13H19N3O3S/c1-19-13(18)16-10-5-3-9(4-6-10)15-12(17)11(14)7-8-20-2/h3-6,11H,7-8,14H2,1-2H3,(H,15,17)(H,16,18)/t11-/m1/s1. The Kier molecular flexibility index (Phi) is 6.89. The minimum atomic E-state index is -0.541. The van der Waals surface area contributed by atoms with Gasteiger partial charge in [0.1, 0.15) is 0 Å². The van der Waals surface area contributed by atoms with Crippen molar-refractivity contribution in [1.29, 1.82) is 0 Å². The molecule has 1 aromatic carbocycles. The summed E-state index contributed by atoms with van der Waals surface area (Å²) in [5, 5.41) is 5.25. The second-order valence-electron chi connectivity index (χ2n) is 4.07. The van der Waals surface area contributed by atoms with E-state index in [1.54, 1.807) is 36.0 Å². The Labute approximate surface area is 122 Å². The van der Waals surface area contributed by atoms with Crippen LogP contribution in [-0.4, -0.2) is 37.2 Å². The van der Waals surface area contributed by atoms with E-state index in [-0.39, 0.29) is 5.91 Å². The fourth-order valence-electron chi connectivity index (χ4n) is 1.42. The highest BCUT2D eigenvalue weighted by atomic mass is 32.2. The minimum Gasteiger partial charge on any atom is -0.453 e. The number of nitrogens with one attached hydrogen (secondary N) is 2. The highest BCUT2D eigenvalue weighted by Crippen LogP contribution is 2.14. The Morgan fingerprint density at radius 2 is 1.80 bits per heavy atom. The number of methoxy groups -OCH3 is 1. The maximum atomic E-state index is 11.8. The molecule has 0 aromatic heterocycles. The molecule has 20 heavy (non-hydrogen) atoms. The number of amides is 2. The largest absolute Gasteiger partial charge is 0.453 e. The molecule has 0 fully saturated rings. The molecule has 0 heterocycles. The van der Waals surface area contributed by atoms with Crippen molar-refractivity contribution in [1.82, 2.24) is 0 Å². The maximum absolute atomic E-state index is 11.8. The van der Waals surface area contributed by atoms with Crippen molar-refractivity contribution in [2.24, 2.45) is 5.73 Å². The summed E-state index contributed by atoms with van der Waals surface area (Å²) in [6.07, 6.45) is 2.06. The van der Waals surface area contributed by atoms with Crippen molar-refractivity contribution >= 4 is 35.1 Å². The summed E-state index contributed by atoms with van der Waals surface area (Å²) in [4.78, 5) is 22.8. The fraction of sp³-hybridized carbons (Fsp3) is 0.385. The van der Waals surface area contributed by atoms with Gasteiger partial charge >= 0.3 is 6.09 Å². The van der Waals surface area contributed by atoms with E-state index >= 15 is 0 Å². The normalized spacial score (nSPS) is 11.6. The molecule has 0 saturated heterocycles. The molecule has 0 saturated carbocycles.